The second kappa shape index (κ2) is 5.37. The molecule has 0 saturated heterocycles. The van der Waals surface area contributed by atoms with E-state index in [2.05, 4.69) is 0 Å². The quantitative estimate of drug-likeness (QED) is 0.451. The summed E-state index contributed by atoms with van der Waals surface area (Å²) in [5.41, 5.74) is 5.55. The van der Waals surface area contributed by atoms with Crippen molar-refractivity contribution >= 4 is 11.7 Å². The van der Waals surface area contributed by atoms with Crippen molar-refractivity contribution in [2.75, 3.05) is 0 Å². The number of non-ortho nitro benzene ring substituents is 1. The molecule has 0 heterocycles. The largest absolute Gasteiger partial charge is 0.479 e. The van der Waals surface area contributed by atoms with E-state index in [0.717, 1.165) is 0 Å². The van der Waals surface area contributed by atoms with Crippen molar-refractivity contribution in [3.8, 4) is 0 Å². The third kappa shape index (κ3) is 3.51. The summed E-state index contributed by atoms with van der Waals surface area (Å²) >= 11 is 0. The van der Waals surface area contributed by atoms with E-state index in [1.807, 2.05) is 0 Å². The Morgan fingerprint density at radius 1 is 1.47 bits per heavy atom. The Balaban J connectivity index is 2.95. The lowest BCUT2D eigenvalue weighted by atomic mass is 10.1. The molecule has 0 amide bonds. The van der Waals surface area contributed by atoms with Crippen LogP contribution in [0.4, 0.5) is 5.69 Å². The Bertz CT molecular complexity index is 415. The number of benzene rings is 1. The van der Waals surface area contributed by atoms with Gasteiger partial charge in [0.1, 0.15) is 6.23 Å². The molecule has 1 rings (SSSR count). The monoisotopic (exact) mass is 240 g/mol. The summed E-state index contributed by atoms with van der Waals surface area (Å²) in [7, 11) is 0. The van der Waals surface area contributed by atoms with Crippen LogP contribution in [0.15, 0.2) is 24.3 Å². The number of carboxylic acid groups (broad SMARTS) is 1. The number of nitro benzene ring substituents is 1. The van der Waals surface area contributed by atoms with Gasteiger partial charge in [-0.3, -0.25) is 10.1 Å². The third-order valence-corrected chi connectivity index (χ3v) is 1.98. The number of hydrogen-bond acceptors (Lipinski definition) is 5. The maximum absolute atomic E-state index is 10.9. The Labute approximate surface area is 97.0 Å². The molecule has 3 N–H and O–H groups in total. The second-order valence-electron chi connectivity index (χ2n) is 3.41. The van der Waals surface area contributed by atoms with Crippen molar-refractivity contribution in [2.24, 2.45) is 5.73 Å². The molecule has 0 aliphatic rings. The Morgan fingerprint density at radius 3 is 2.35 bits per heavy atom. The SMILES string of the molecule is CC(N)OC(C(=O)O)c1ccc([N+](=O)[O-])cc1. The summed E-state index contributed by atoms with van der Waals surface area (Å²) in [4.78, 5) is 20.8. The molecular formula is C10H12N2O5. The minimum atomic E-state index is -1.23. The highest BCUT2D eigenvalue weighted by Gasteiger charge is 2.22. The predicted molar refractivity (Wildman–Crippen MR) is 58.2 cm³/mol. The number of nitrogens with two attached hydrogens (primary N) is 1. The van der Waals surface area contributed by atoms with Crippen LogP contribution < -0.4 is 5.73 Å². The van der Waals surface area contributed by atoms with E-state index in [1.165, 1.54) is 31.2 Å². The molecule has 7 heteroatoms. The first kappa shape index (κ1) is 13.1. The maximum atomic E-state index is 10.9. The van der Waals surface area contributed by atoms with E-state index >= 15 is 0 Å². The smallest absolute Gasteiger partial charge is 0.337 e. The molecule has 0 aliphatic carbocycles. The molecule has 1 aromatic carbocycles. The van der Waals surface area contributed by atoms with Gasteiger partial charge in [0.05, 0.1) is 4.92 Å². The standard InChI is InChI=1S/C10H12N2O5/c1-6(11)17-9(10(13)14)7-2-4-8(5-3-7)12(15)16/h2-6,9H,11H2,1H3,(H,13,14). The van der Waals surface area contributed by atoms with Crippen molar-refractivity contribution in [1.29, 1.82) is 0 Å². The van der Waals surface area contributed by atoms with E-state index in [-0.39, 0.29) is 5.69 Å². The highest BCUT2D eigenvalue weighted by molar-refractivity contribution is 5.74. The van der Waals surface area contributed by atoms with Crippen LogP contribution in [0.3, 0.4) is 0 Å². The maximum Gasteiger partial charge on any atom is 0.337 e. The van der Waals surface area contributed by atoms with Crippen molar-refractivity contribution in [3.05, 3.63) is 39.9 Å². The zero-order valence-corrected chi connectivity index (χ0v) is 9.07. The zero-order valence-electron chi connectivity index (χ0n) is 9.07. The number of nitrogens with zero attached hydrogens (tertiary/aromatic N) is 1. The molecule has 2 unspecified atom stereocenters. The van der Waals surface area contributed by atoms with Gasteiger partial charge >= 0.3 is 5.97 Å². The van der Waals surface area contributed by atoms with Crippen LogP contribution in [0, 0.1) is 10.1 Å². The van der Waals surface area contributed by atoms with Crippen LogP contribution in [0.25, 0.3) is 0 Å². The van der Waals surface area contributed by atoms with Crippen LogP contribution >= 0.6 is 0 Å². The molecule has 0 radical (unpaired) electrons. The highest BCUT2D eigenvalue weighted by atomic mass is 16.6. The summed E-state index contributed by atoms with van der Waals surface area (Å²) in [6, 6.07) is 5.10. The molecule has 0 spiro atoms. The molecular weight excluding hydrogens is 228 g/mol. The lowest BCUT2D eigenvalue weighted by molar-refractivity contribution is -0.384. The summed E-state index contributed by atoms with van der Waals surface area (Å²) in [6.45, 7) is 1.50. The summed E-state index contributed by atoms with van der Waals surface area (Å²) in [6.07, 6.45) is -1.97. The van der Waals surface area contributed by atoms with E-state index < -0.39 is 23.2 Å². The van der Waals surface area contributed by atoms with Crippen molar-refractivity contribution in [2.45, 2.75) is 19.3 Å². The Hall–Kier alpha value is -1.99. The highest BCUT2D eigenvalue weighted by Crippen LogP contribution is 2.21. The fraction of sp³-hybridized carbons (Fsp3) is 0.300. The Morgan fingerprint density at radius 2 is 2.00 bits per heavy atom. The van der Waals surface area contributed by atoms with Crippen molar-refractivity contribution in [3.63, 3.8) is 0 Å². The normalized spacial score (nSPS) is 14.0. The summed E-state index contributed by atoms with van der Waals surface area (Å²) in [5, 5.41) is 19.4. The predicted octanol–water partition coefficient (Wildman–Crippen LogP) is 1.04. The van der Waals surface area contributed by atoms with Gasteiger partial charge in [-0.1, -0.05) is 0 Å². The van der Waals surface area contributed by atoms with E-state index in [1.54, 1.807) is 0 Å². The van der Waals surface area contributed by atoms with Crippen LogP contribution in [0.1, 0.15) is 18.6 Å². The molecule has 0 aromatic heterocycles. The number of hydrogen-bond donors (Lipinski definition) is 2. The fourth-order valence-electron chi connectivity index (χ4n) is 1.26. The van der Waals surface area contributed by atoms with Gasteiger partial charge in [-0.25, -0.2) is 4.79 Å². The van der Waals surface area contributed by atoms with Crippen LogP contribution in [0.5, 0.6) is 0 Å². The van der Waals surface area contributed by atoms with Gasteiger partial charge in [-0.05, 0) is 24.6 Å². The van der Waals surface area contributed by atoms with Crippen molar-refractivity contribution in [1.82, 2.24) is 0 Å². The molecule has 7 nitrogen and oxygen atoms in total. The van der Waals surface area contributed by atoms with Gasteiger partial charge in [0.2, 0.25) is 0 Å². The molecule has 0 saturated carbocycles. The molecule has 17 heavy (non-hydrogen) atoms. The number of ether oxygens (including phenoxy) is 1. The molecule has 0 bridgehead atoms. The summed E-state index contributed by atoms with van der Waals surface area (Å²) in [5.74, 6) is -1.20. The first-order valence-electron chi connectivity index (χ1n) is 4.80. The number of carboxylic acids is 1. The molecule has 1 aromatic rings. The zero-order chi connectivity index (χ0) is 13.0. The van der Waals surface area contributed by atoms with E-state index in [4.69, 9.17) is 15.6 Å². The van der Waals surface area contributed by atoms with Crippen molar-refractivity contribution < 1.29 is 19.6 Å². The Kier molecular flexibility index (Phi) is 4.13. The first-order chi connectivity index (χ1) is 7.91. The average molecular weight is 240 g/mol. The minimum Gasteiger partial charge on any atom is -0.479 e. The van der Waals surface area contributed by atoms with Gasteiger partial charge in [-0.2, -0.15) is 0 Å². The molecule has 92 valence electrons. The topological polar surface area (TPSA) is 116 Å². The minimum absolute atomic E-state index is 0.112. The average Bonchev–Trinajstić information content (AvgIpc) is 2.25. The van der Waals surface area contributed by atoms with Gasteiger partial charge in [0.15, 0.2) is 6.10 Å². The molecule has 0 aliphatic heterocycles. The van der Waals surface area contributed by atoms with Crippen LogP contribution in [-0.2, 0) is 9.53 Å². The lowest BCUT2D eigenvalue weighted by Crippen LogP contribution is -2.26. The van der Waals surface area contributed by atoms with Gasteiger partial charge in [-0.15, -0.1) is 0 Å². The number of aliphatic carboxylic acids is 1. The lowest BCUT2D eigenvalue weighted by Gasteiger charge is -2.16. The number of rotatable bonds is 5. The first-order valence-corrected chi connectivity index (χ1v) is 4.80. The van der Waals surface area contributed by atoms with E-state index in [0.29, 0.717) is 5.56 Å². The van der Waals surface area contributed by atoms with Gasteiger partial charge < -0.3 is 15.6 Å². The molecule has 2 atom stereocenters. The number of carbonyl (C=O) groups is 1. The summed E-state index contributed by atoms with van der Waals surface area (Å²) < 4.78 is 5.01. The molecule has 0 fully saturated rings. The van der Waals surface area contributed by atoms with Gasteiger partial charge in [0.25, 0.3) is 5.69 Å². The van der Waals surface area contributed by atoms with Crippen LogP contribution in [0.2, 0.25) is 0 Å². The van der Waals surface area contributed by atoms with Gasteiger partial charge in [0, 0.05) is 12.1 Å². The fourth-order valence-corrected chi connectivity index (χ4v) is 1.26. The third-order valence-electron chi connectivity index (χ3n) is 1.98. The second-order valence-corrected chi connectivity index (χ2v) is 3.41. The van der Waals surface area contributed by atoms with E-state index in [9.17, 15) is 14.9 Å². The van der Waals surface area contributed by atoms with Crippen LogP contribution in [-0.4, -0.2) is 22.2 Å². The number of nitro groups is 1.